The van der Waals surface area contributed by atoms with Crippen LogP contribution in [0, 0.1) is 17.8 Å². The average molecular weight is 288 g/mol. The molecule has 1 aliphatic heterocycles. The largest absolute Gasteiger partial charge is 0.279 e. The normalized spacial score (nSPS) is 38.3. The monoisotopic (exact) mass is 288 g/mol. The van der Waals surface area contributed by atoms with Crippen molar-refractivity contribution in [2.75, 3.05) is 11.2 Å². The molecule has 20 heavy (non-hydrogen) atoms. The molecule has 104 valence electrons. The maximum Gasteiger partial charge on any atom is 0.159 e. The molecular formula is C15H16N2O2S. The van der Waals surface area contributed by atoms with Gasteiger partial charge in [-0.3, -0.25) is 5.43 Å². The molecular weight excluding hydrogens is 272 g/mol. The Bertz CT molecular complexity index is 694. The fraction of sp³-hybridized carbons (Fsp3) is 0.400. The molecule has 1 N–H and O–H groups in total. The lowest BCUT2D eigenvalue weighted by molar-refractivity contribution is 0.551. The highest BCUT2D eigenvalue weighted by Crippen LogP contribution is 2.51. The third kappa shape index (κ3) is 1.73. The average Bonchev–Trinajstić information content (AvgIpc) is 3.10. The van der Waals surface area contributed by atoms with Crippen molar-refractivity contribution in [2.45, 2.75) is 11.7 Å². The second-order valence-electron chi connectivity index (χ2n) is 5.83. The van der Waals surface area contributed by atoms with E-state index >= 15 is 0 Å². The molecule has 3 aliphatic rings. The summed E-state index contributed by atoms with van der Waals surface area (Å²) in [4.78, 5) is 0. The van der Waals surface area contributed by atoms with Gasteiger partial charge in [0.05, 0.1) is 22.4 Å². The minimum absolute atomic E-state index is 0.0891. The molecule has 1 saturated heterocycles. The molecule has 1 aromatic rings. The van der Waals surface area contributed by atoms with Crippen molar-refractivity contribution >= 4 is 21.2 Å². The van der Waals surface area contributed by atoms with Gasteiger partial charge in [-0.15, -0.1) is 0 Å². The number of benzene rings is 1. The lowest BCUT2D eigenvalue weighted by Crippen LogP contribution is -2.28. The first kappa shape index (κ1) is 12.1. The first-order chi connectivity index (χ1) is 9.65. The maximum absolute atomic E-state index is 12.3. The number of fused-ring (bicyclic) bond motifs is 5. The molecule has 0 radical (unpaired) electrons. The van der Waals surface area contributed by atoms with E-state index in [0.29, 0.717) is 5.92 Å². The molecule has 4 rings (SSSR count). The van der Waals surface area contributed by atoms with Gasteiger partial charge in [0, 0.05) is 5.92 Å². The lowest BCUT2D eigenvalue weighted by Gasteiger charge is -2.18. The van der Waals surface area contributed by atoms with Crippen molar-refractivity contribution in [3.05, 3.63) is 42.5 Å². The van der Waals surface area contributed by atoms with Gasteiger partial charge in [0.2, 0.25) is 0 Å². The van der Waals surface area contributed by atoms with Gasteiger partial charge in [-0.1, -0.05) is 30.4 Å². The van der Waals surface area contributed by atoms with Crippen LogP contribution >= 0.6 is 0 Å². The van der Waals surface area contributed by atoms with Crippen LogP contribution in [0.25, 0.3) is 0 Å². The molecule has 2 bridgehead atoms. The highest BCUT2D eigenvalue weighted by Gasteiger charge is 2.57. The summed E-state index contributed by atoms with van der Waals surface area (Å²) in [5.41, 5.74) is 4.69. The lowest BCUT2D eigenvalue weighted by atomic mass is 9.90. The van der Waals surface area contributed by atoms with E-state index in [4.69, 9.17) is 0 Å². The second-order valence-corrected chi connectivity index (χ2v) is 7.99. The quantitative estimate of drug-likeness (QED) is 0.669. The SMILES string of the molecule is O=S1(=O)CC(=NNc2ccccc2)C2C3C=CC(C3)C21. The Balaban J connectivity index is 1.65. The van der Waals surface area contributed by atoms with E-state index in [1.165, 1.54) is 0 Å². The van der Waals surface area contributed by atoms with Crippen molar-refractivity contribution in [3.63, 3.8) is 0 Å². The van der Waals surface area contributed by atoms with Gasteiger partial charge in [0.25, 0.3) is 0 Å². The van der Waals surface area contributed by atoms with E-state index in [0.717, 1.165) is 17.8 Å². The van der Waals surface area contributed by atoms with Crippen LogP contribution < -0.4 is 5.43 Å². The predicted molar refractivity (Wildman–Crippen MR) is 79.3 cm³/mol. The number of nitrogens with one attached hydrogen (secondary N) is 1. The zero-order chi connectivity index (χ0) is 13.7. The number of allylic oxidation sites excluding steroid dienone is 2. The van der Waals surface area contributed by atoms with E-state index in [2.05, 4.69) is 22.7 Å². The van der Waals surface area contributed by atoms with Crippen molar-refractivity contribution in [2.24, 2.45) is 22.9 Å². The molecule has 0 spiro atoms. The molecule has 1 aromatic carbocycles. The van der Waals surface area contributed by atoms with Crippen molar-refractivity contribution in [1.82, 2.24) is 0 Å². The number of nitrogens with zero attached hydrogens (tertiary/aromatic N) is 1. The Kier molecular flexibility index (Phi) is 2.54. The Morgan fingerprint density at radius 2 is 1.85 bits per heavy atom. The Morgan fingerprint density at radius 3 is 2.65 bits per heavy atom. The Hall–Kier alpha value is -1.62. The second kappa shape index (κ2) is 4.19. The van der Waals surface area contributed by atoms with Gasteiger partial charge >= 0.3 is 0 Å². The molecule has 1 saturated carbocycles. The molecule has 4 atom stereocenters. The number of para-hydroxylation sites is 1. The molecule has 4 nitrogen and oxygen atoms in total. The Morgan fingerprint density at radius 1 is 1.10 bits per heavy atom. The van der Waals surface area contributed by atoms with E-state index in [1.807, 2.05) is 30.3 Å². The van der Waals surface area contributed by atoms with E-state index in [1.54, 1.807) is 0 Å². The van der Waals surface area contributed by atoms with Crippen LogP contribution in [0.4, 0.5) is 5.69 Å². The number of rotatable bonds is 2. The topological polar surface area (TPSA) is 58.5 Å². The van der Waals surface area contributed by atoms with Crippen LogP contribution in [0.2, 0.25) is 0 Å². The number of hydrogen-bond acceptors (Lipinski definition) is 4. The fourth-order valence-corrected chi connectivity index (χ4v) is 6.26. The van der Waals surface area contributed by atoms with Crippen molar-refractivity contribution < 1.29 is 8.42 Å². The zero-order valence-corrected chi connectivity index (χ0v) is 11.8. The van der Waals surface area contributed by atoms with Crippen LogP contribution in [0.5, 0.6) is 0 Å². The molecule has 2 fully saturated rings. The predicted octanol–water partition coefficient (Wildman–Crippen LogP) is 2.07. The molecule has 5 heteroatoms. The highest BCUT2D eigenvalue weighted by atomic mass is 32.2. The van der Waals surface area contributed by atoms with Crippen LogP contribution in [0.1, 0.15) is 6.42 Å². The molecule has 0 aromatic heterocycles. The van der Waals surface area contributed by atoms with Gasteiger partial charge in [-0.2, -0.15) is 5.10 Å². The standard InChI is InChI=1S/C15H16N2O2S/c18-20(19)9-13(17-16-12-4-2-1-3-5-12)14-10-6-7-11(8-10)15(14)20/h1-7,10-11,14-16H,8-9H2. The van der Waals surface area contributed by atoms with Gasteiger partial charge < -0.3 is 0 Å². The van der Waals surface area contributed by atoms with Gasteiger partial charge in [0.1, 0.15) is 0 Å². The van der Waals surface area contributed by atoms with Crippen molar-refractivity contribution in [3.8, 4) is 0 Å². The number of hydrazone groups is 1. The Labute approximate surface area is 118 Å². The summed E-state index contributed by atoms with van der Waals surface area (Å²) >= 11 is 0. The number of sulfone groups is 1. The third-order valence-corrected chi connectivity index (χ3v) is 6.81. The van der Waals surface area contributed by atoms with Gasteiger partial charge in [0.15, 0.2) is 9.84 Å². The summed E-state index contributed by atoms with van der Waals surface area (Å²) in [6, 6.07) is 9.64. The minimum Gasteiger partial charge on any atom is -0.279 e. The summed E-state index contributed by atoms with van der Waals surface area (Å²) in [5, 5.41) is 4.18. The van der Waals surface area contributed by atoms with Crippen LogP contribution in [0.15, 0.2) is 47.6 Å². The molecule has 2 aliphatic carbocycles. The van der Waals surface area contributed by atoms with Crippen molar-refractivity contribution in [1.29, 1.82) is 0 Å². The first-order valence-electron chi connectivity index (χ1n) is 6.92. The molecule has 1 heterocycles. The number of anilines is 1. The summed E-state index contributed by atoms with van der Waals surface area (Å²) < 4.78 is 24.6. The summed E-state index contributed by atoms with van der Waals surface area (Å²) in [6.07, 6.45) is 5.22. The zero-order valence-electron chi connectivity index (χ0n) is 10.9. The molecule has 4 unspecified atom stereocenters. The van der Waals surface area contributed by atoms with E-state index in [-0.39, 0.29) is 22.8 Å². The smallest absolute Gasteiger partial charge is 0.159 e. The maximum atomic E-state index is 12.3. The van der Waals surface area contributed by atoms with E-state index in [9.17, 15) is 8.42 Å². The molecule has 0 amide bonds. The van der Waals surface area contributed by atoms with Crippen LogP contribution in [0.3, 0.4) is 0 Å². The van der Waals surface area contributed by atoms with E-state index < -0.39 is 9.84 Å². The highest BCUT2D eigenvalue weighted by molar-refractivity contribution is 7.93. The minimum atomic E-state index is -3.03. The van der Waals surface area contributed by atoms with Crippen LogP contribution in [-0.4, -0.2) is 25.1 Å². The van der Waals surface area contributed by atoms with Crippen LogP contribution in [-0.2, 0) is 9.84 Å². The summed E-state index contributed by atoms with van der Waals surface area (Å²) in [7, 11) is -3.03. The summed E-state index contributed by atoms with van der Waals surface area (Å²) in [5.74, 6) is 0.765. The third-order valence-electron chi connectivity index (χ3n) is 4.64. The van der Waals surface area contributed by atoms with Gasteiger partial charge in [-0.25, -0.2) is 8.42 Å². The van der Waals surface area contributed by atoms with Gasteiger partial charge in [-0.05, 0) is 30.4 Å². The number of hydrogen-bond donors (Lipinski definition) is 1. The fourth-order valence-electron chi connectivity index (χ4n) is 3.86. The summed E-state index contributed by atoms with van der Waals surface area (Å²) in [6.45, 7) is 0. The first-order valence-corrected chi connectivity index (χ1v) is 8.64.